The maximum absolute atomic E-state index is 12.5. The molecular formula is C21H25NO5. The molecule has 3 rings (SSSR count). The second kappa shape index (κ2) is 8.20. The lowest BCUT2D eigenvalue weighted by atomic mass is 9.96. The summed E-state index contributed by atoms with van der Waals surface area (Å²) in [5.41, 5.74) is 1.91. The van der Waals surface area contributed by atoms with Crippen LogP contribution in [0.3, 0.4) is 0 Å². The predicted octanol–water partition coefficient (Wildman–Crippen LogP) is 3.43. The molecule has 0 bridgehead atoms. The minimum absolute atomic E-state index is 0.143. The Morgan fingerprint density at radius 1 is 0.852 bits per heavy atom. The van der Waals surface area contributed by atoms with Gasteiger partial charge in [0.15, 0.2) is 11.5 Å². The van der Waals surface area contributed by atoms with Crippen LogP contribution in [-0.2, 0) is 4.79 Å². The third kappa shape index (κ3) is 3.65. The summed E-state index contributed by atoms with van der Waals surface area (Å²) in [6, 6.07) is 11.3. The maximum atomic E-state index is 12.5. The lowest BCUT2D eigenvalue weighted by Gasteiger charge is -2.30. The van der Waals surface area contributed by atoms with E-state index in [2.05, 4.69) is 0 Å². The summed E-state index contributed by atoms with van der Waals surface area (Å²) in [4.78, 5) is 14.4. The van der Waals surface area contributed by atoms with Gasteiger partial charge in [-0.15, -0.1) is 0 Å². The third-order valence-electron chi connectivity index (χ3n) is 4.86. The molecule has 0 radical (unpaired) electrons. The van der Waals surface area contributed by atoms with Crippen molar-refractivity contribution in [3.8, 4) is 23.0 Å². The Morgan fingerprint density at radius 3 is 1.93 bits per heavy atom. The van der Waals surface area contributed by atoms with Gasteiger partial charge >= 0.3 is 0 Å². The first-order valence-electron chi connectivity index (χ1n) is 8.86. The summed E-state index contributed by atoms with van der Waals surface area (Å²) in [6.07, 6.45) is 1.42. The van der Waals surface area contributed by atoms with Crippen molar-refractivity contribution in [3.63, 3.8) is 0 Å². The molecule has 2 aromatic rings. The van der Waals surface area contributed by atoms with Gasteiger partial charge in [-0.1, -0.05) is 12.1 Å². The number of likely N-dealkylation sites (tertiary alicyclic amines) is 1. The highest BCUT2D eigenvalue weighted by molar-refractivity contribution is 5.79. The van der Waals surface area contributed by atoms with Gasteiger partial charge in [0.2, 0.25) is 11.7 Å². The minimum atomic E-state index is -0.236. The number of methoxy groups -OCH3 is 4. The first-order valence-corrected chi connectivity index (χ1v) is 8.86. The van der Waals surface area contributed by atoms with Crippen LogP contribution >= 0.6 is 0 Å². The van der Waals surface area contributed by atoms with Crippen molar-refractivity contribution in [1.82, 2.24) is 4.90 Å². The van der Waals surface area contributed by atoms with Crippen LogP contribution in [0.2, 0.25) is 0 Å². The maximum Gasteiger partial charge on any atom is 0.223 e. The van der Waals surface area contributed by atoms with Crippen molar-refractivity contribution < 1.29 is 23.7 Å². The summed E-state index contributed by atoms with van der Waals surface area (Å²) in [7, 11) is 6.38. The van der Waals surface area contributed by atoms with Crippen LogP contribution in [0.4, 0.5) is 0 Å². The fourth-order valence-electron chi connectivity index (χ4n) is 3.54. The molecule has 6 heteroatoms. The molecule has 1 heterocycles. The third-order valence-corrected chi connectivity index (χ3v) is 4.86. The molecule has 1 aliphatic rings. The topological polar surface area (TPSA) is 57.2 Å². The molecule has 1 amide bonds. The van der Waals surface area contributed by atoms with E-state index in [4.69, 9.17) is 18.9 Å². The highest BCUT2D eigenvalue weighted by Gasteiger charge is 2.31. The van der Waals surface area contributed by atoms with Crippen LogP contribution in [0.1, 0.15) is 30.0 Å². The predicted molar refractivity (Wildman–Crippen MR) is 102 cm³/mol. The molecule has 0 aromatic heterocycles. The van der Waals surface area contributed by atoms with Crippen LogP contribution in [-0.4, -0.2) is 45.8 Å². The van der Waals surface area contributed by atoms with Gasteiger partial charge in [0, 0.05) is 13.0 Å². The number of nitrogens with zero attached hydrogens (tertiary/aromatic N) is 1. The zero-order valence-corrected chi connectivity index (χ0v) is 16.2. The van der Waals surface area contributed by atoms with Crippen LogP contribution < -0.4 is 18.9 Å². The van der Waals surface area contributed by atoms with Gasteiger partial charge in [-0.25, -0.2) is 0 Å². The van der Waals surface area contributed by atoms with Crippen molar-refractivity contribution in [2.45, 2.75) is 18.9 Å². The first kappa shape index (κ1) is 18.9. The average molecular weight is 371 g/mol. The lowest BCUT2D eigenvalue weighted by Crippen LogP contribution is -2.30. The van der Waals surface area contributed by atoms with Crippen LogP contribution in [0.15, 0.2) is 36.4 Å². The number of carbonyl (C=O) groups excluding carboxylic acids is 1. The smallest absolute Gasteiger partial charge is 0.223 e. The molecule has 0 N–H and O–H groups in total. The van der Waals surface area contributed by atoms with Gasteiger partial charge in [0.25, 0.3) is 0 Å². The minimum Gasteiger partial charge on any atom is -0.497 e. The molecule has 144 valence electrons. The van der Waals surface area contributed by atoms with Gasteiger partial charge in [-0.2, -0.15) is 0 Å². The second-order valence-corrected chi connectivity index (χ2v) is 6.33. The Balaban J connectivity index is 2.13. The van der Waals surface area contributed by atoms with E-state index in [1.807, 2.05) is 41.3 Å². The van der Waals surface area contributed by atoms with Crippen molar-refractivity contribution in [2.24, 2.45) is 0 Å². The van der Waals surface area contributed by atoms with Gasteiger partial charge in [-0.05, 0) is 41.8 Å². The molecule has 1 fully saturated rings. The molecule has 1 atom stereocenters. The molecular weight excluding hydrogens is 346 g/mol. The average Bonchev–Trinajstić information content (AvgIpc) is 3.13. The van der Waals surface area contributed by atoms with E-state index < -0.39 is 0 Å². The number of ether oxygens (including phenoxy) is 4. The van der Waals surface area contributed by atoms with Crippen molar-refractivity contribution in [1.29, 1.82) is 0 Å². The van der Waals surface area contributed by atoms with Gasteiger partial charge < -0.3 is 23.8 Å². The SMILES string of the molecule is COc1ccc(C(c2cc(OC)c(OC)c(OC)c2)N2CCCC2=O)cc1. The molecule has 27 heavy (non-hydrogen) atoms. The van der Waals surface area contributed by atoms with Crippen LogP contribution in [0.5, 0.6) is 23.0 Å². The van der Waals surface area contributed by atoms with Crippen molar-refractivity contribution in [2.75, 3.05) is 35.0 Å². The Morgan fingerprint density at radius 2 is 1.48 bits per heavy atom. The second-order valence-electron chi connectivity index (χ2n) is 6.33. The zero-order chi connectivity index (χ0) is 19.4. The van der Waals surface area contributed by atoms with Gasteiger partial charge in [0.05, 0.1) is 34.5 Å². The van der Waals surface area contributed by atoms with E-state index in [0.717, 1.165) is 23.3 Å². The number of carbonyl (C=O) groups is 1. The van der Waals surface area contributed by atoms with Gasteiger partial charge in [0.1, 0.15) is 5.75 Å². The van der Waals surface area contributed by atoms with E-state index in [1.165, 1.54) is 0 Å². The molecule has 0 saturated carbocycles. The zero-order valence-electron chi connectivity index (χ0n) is 16.2. The molecule has 0 spiro atoms. The number of benzene rings is 2. The molecule has 2 aromatic carbocycles. The van der Waals surface area contributed by atoms with E-state index in [1.54, 1.807) is 28.4 Å². The van der Waals surface area contributed by atoms with Gasteiger partial charge in [-0.3, -0.25) is 4.79 Å². The summed E-state index contributed by atoms with van der Waals surface area (Å²) >= 11 is 0. The van der Waals surface area contributed by atoms with Crippen molar-refractivity contribution in [3.05, 3.63) is 47.5 Å². The van der Waals surface area contributed by atoms with E-state index in [-0.39, 0.29) is 11.9 Å². The molecule has 1 unspecified atom stereocenters. The fraction of sp³-hybridized carbons (Fsp3) is 0.381. The van der Waals surface area contributed by atoms with Crippen molar-refractivity contribution >= 4 is 5.91 Å². The highest BCUT2D eigenvalue weighted by atomic mass is 16.5. The first-order chi connectivity index (χ1) is 13.1. The molecule has 1 saturated heterocycles. The number of amides is 1. The Hall–Kier alpha value is -2.89. The summed E-state index contributed by atoms with van der Waals surface area (Å²) in [6.45, 7) is 0.714. The normalized spacial score (nSPS) is 14.8. The number of rotatable bonds is 7. The number of hydrogen-bond acceptors (Lipinski definition) is 5. The summed E-state index contributed by atoms with van der Waals surface area (Å²) in [5, 5.41) is 0. The Bertz CT molecular complexity index is 778. The van der Waals surface area contributed by atoms with Crippen LogP contribution in [0, 0.1) is 0 Å². The highest BCUT2D eigenvalue weighted by Crippen LogP contribution is 2.43. The summed E-state index contributed by atoms with van der Waals surface area (Å²) in [5.74, 6) is 2.58. The van der Waals surface area contributed by atoms with Crippen LogP contribution in [0.25, 0.3) is 0 Å². The molecule has 0 aliphatic carbocycles. The fourth-order valence-corrected chi connectivity index (χ4v) is 3.54. The lowest BCUT2D eigenvalue weighted by molar-refractivity contribution is -0.129. The molecule has 1 aliphatic heterocycles. The largest absolute Gasteiger partial charge is 0.497 e. The monoisotopic (exact) mass is 371 g/mol. The number of hydrogen-bond donors (Lipinski definition) is 0. The molecule has 6 nitrogen and oxygen atoms in total. The standard InChI is InChI=1S/C21H25NO5/c1-24-16-9-7-14(8-10-16)20(22-11-5-6-19(22)23)15-12-17(25-2)21(27-4)18(13-15)26-3/h7-10,12-13,20H,5-6,11H2,1-4H3. The van der Waals surface area contributed by atoms with E-state index in [0.29, 0.717) is 30.2 Å². The van der Waals surface area contributed by atoms with E-state index in [9.17, 15) is 4.79 Å². The summed E-state index contributed by atoms with van der Waals surface area (Å²) < 4.78 is 21.7. The van der Waals surface area contributed by atoms with E-state index >= 15 is 0 Å². The quantitative estimate of drug-likeness (QED) is 0.746. The Kier molecular flexibility index (Phi) is 5.74. The Labute approximate surface area is 159 Å².